The van der Waals surface area contributed by atoms with Crippen LogP contribution in [0.4, 0.5) is 0 Å². The third-order valence-electron chi connectivity index (χ3n) is 5.78. The zero-order chi connectivity index (χ0) is 17.7. The fourth-order valence-corrected chi connectivity index (χ4v) is 4.03. The molecule has 25 heavy (non-hydrogen) atoms. The van der Waals surface area contributed by atoms with Gasteiger partial charge in [-0.2, -0.15) is 0 Å². The number of rotatable bonds is 4. The number of carbonyl (C=O) groups excluding carboxylic acids is 1. The zero-order valence-corrected chi connectivity index (χ0v) is 14.9. The van der Waals surface area contributed by atoms with Crippen LogP contribution in [-0.4, -0.2) is 70.9 Å². The van der Waals surface area contributed by atoms with Gasteiger partial charge in [-0.05, 0) is 56.7 Å². The van der Waals surface area contributed by atoms with Crippen molar-refractivity contribution in [1.82, 2.24) is 9.80 Å². The van der Waals surface area contributed by atoms with E-state index in [0.29, 0.717) is 38.4 Å². The molecular weight excluding hydrogens is 316 g/mol. The Labute approximate surface area is 150 Å². The monoisotopic (exact) mass is 346 g/mol. The summed E-state index contributed by atoms with van der Waals surface area (Å²) in [4.78, 5) is 16.7. The molecule has 2 fully saturated rings. The van der Waals surface area contributed by atoms with Gasteiger partial charge in [0.05, 0.1) is 18.8 Å². The van der Waals surface area contributed by atoms with Crippen molar-refractivity contribution >= 4 is 5.91 Å². The SMILES string of the molecule is O=C(CN1CCC(c2ccccc2)CC1)N1CCC[C@@](O)(CO)CC1. The number of hydrogen-bond acceptors (Lipinski definition) is 4. The molecule has 1 amide bonds. The first kappa shape index (κ1) is 18.4. The second kappa shape index (κ2) is 8.30. The standard InChI is InChI=1S/C20H30N2O3/c23-16-20(25)9-4-11-22(14-10-20)19(24)15-21-12-7-18(8-13-21)17-5-2-1-3-6-17/h1-3,5-6,18,23,25H,4,7-16H2/t20-/m0/s1. The quantitative estimate of drug-likeness (QED) is 0.869. The van der Waals surface area contributed by atoms with Crippen molar-refractivity contribution in [3.63, 3.8) is 0 Å². The van der Waals surface area contributed by atoms with Crippen molar-refractivity contribution < 1.29 is 15.0 Å². The highest BCUT2D eigenvalue weighted by molar-refractivity contribution is 5.78. The number of piperidine rings is 1. The number of aliphatic hydroxyl groups is 2. The Hall–Kier alpha value is -1.43. The summed E-state index contributed by atoms with van der Waals surface area (Å²) in [6.45, 7) is 3.39. The Balaban J connectivity index is 1.46. The van der Waals surface area contributed by atoms with Crippen LogP contribution in [0.15, 0.2) is 30.3 Å². The van der Waals surface area contributed by atoms with E-state index >= 15 is 0 Å². The molecular formula is C20H30N2O3. The fourth-order valence-electron chi connectivity index (χ4n) is 4.03. The highest BCUT2D eigenvalue weighted by atomic mass is 16.3. The van der Waals surface area contributed by atoms with Crippen molar-refractivity contribution in [2.75, 3.05) is 39.3 Å². The number of hydrogen-bond donors (Lipinski definition) is 2. The van der Waals surface area contributed by atoms with Gasteiger partial charge in [-0.25, -0.2) is 0 Å². The molecule has 0 spiro atoms. The maximum atomic E-state index is 12.6. The van der Waals surface area contributed by atoms with Gasteiger partial charge < -0.3 is 15.1 Å². The Morgan fingerprint density at radius 2 is 1.80 bits per heavy atom. The lowest BCUT2D eigenvalue weighted by Gasteiger charge is -2.33. The molecule has 0 radical (unpaired) electrons. The average molecular weight is 346 g/mol. The molecule has 2 saturated heterocycles. The van der Waals surface area contributed by atoms with Crippen LogP contribution in [0.25, 0.3) is 0 Å². The Kier molecular flexibility index (Phi) is 6.10. The topological polar surface area (TPSA) is 64.0 Å². The highest BCUT2D eigenvalue weighted by Crippen LogP contribution is 2.28. The van der Waals surface area contributed by atoms with Crippen LogP contribution in [0.5, 0.6) is 0 Å². The van der Waals surface area contributed by atoms with Crippen LogP contribution in [0, 0.1) is 0 Å². The molecule has 5 nitrogen and oxygen atoms in total. The van der Waals surface area contributed by atoms with E-state index in [2.05, 4.69) is 35.2 Å². The molecule has 0 unspecified atom stereocenters. The van der Waals surface area contributed by atoms with Gasteiger partial charge in [0.15, 0.2) is 0 Å². The molecule has 2 aliphatic rings. The normalized spacial score (nSPS) is 26.4. The summed E-state index contributed by atoms with van der Waals surface area (Å²) in [6, 6.07) is 10.6. The van der Waals surface area contributed by atoms with Crippen LogP contribution in [0.3, 0.4) is 0 Å². The average Bonchev–Trinajstić information content (AvgIpc) is 2.85. The van der Waals surface area contributed by atoms with Gasteiger partial charge in [0, 0.05) is 13.1 Å². The molecule has 0 aliphatic carbocycles. The number of benzene rings is 1. The van der Waals surface area contributed by atoms with Crippen molar-refractivity contribution in [3.05, 3.63) is 35.9 Å². The summed E-state index contributed by atoms with van der Waals surface area (Å²) in [5.41, 5.74) is 0.396. The highest BCUT2D eigenvalue weighted by Gasteiger charge is 2.31. The maximum Gasteiger partial charge on any atom is 0.236 e. The molecule has 1 aromatic rings. The van der Waals surface area contributed by atoms with E-state index in [1.54, 1.807) is 0 Å². The number of likely N-dealkylation sites (tertiary alicyclic amines) is 2. The van der Waals surface area contributed by atoms with Crippen molar-refractivity contribution in [2.24, 2.45) is 0 Å². The number of amides is 1. The van der Waals surface area contributed by atoms with E-state index in [9.17, 15) is 15.0 Å². The zero-order valence-electron chi connectivity index (χ0n) is 14.9. The summed E-state index contributed by atoms with van der Waals surface area (Å²) in [7, 11) is 0. The predicted octanol–water partition coefficient (Wildman–Crippen LogP) is 1.60. The van der Waals surface area contributed by atoms with Gasteiger partial charge >= 0.3 is 0 Å². The third kappa shape index (κ3) is 4.81. The lowest BCUT2D eigenvalue weighted by molar-refractivity contribution is -0.132. The second-order valence-electron chi connectivity index (χ2n) is 7.58. The Morgan fingerprint density at radius 1 is 1.08 bits per heavy atom. The molecule has 3 rings (SSSR count). The van der Waals surface area contributed by atoms with Gasteiger partial charge in [0.2, 0.25) is 5.91 Å². The lowest BCUT2D eigenvalue weighted by Crippen LogP contribution is -2.44. The maximum absolute atomic E-state index is 12.6. The van der Waals surface area contributed by atoms with Crippen LogP contribution < -0.4 is 0 Å². The van der Waals surface area contributed by atoms with Crippen molar-refractivity contribution in [3.8, 4) is 0 Å². The number of aliphatic hydroxyl groups excluding tert-OH is 1. The molecule has 2 aliphatic heterocycles. The number of nitrogens with zero attached hydrogens (tertiary/aromatic N) is 2. The van der Waals surface area contributed by atoms with E-state index in [0.717, 1.165) is 32.4 Å². The first-order valence-electron chi connectivity index (χ1n) is 9.48. The molecule has 0 saturated carbocycles. The minimum absolute atomic E-state index is 0.153. The largest absolute Gasteiger partial charge is 0.393 e. The molecule has 2 heterocycles. The van der Waals surface area contributed by atoms with Gasteiger partial charge in [-0.15, -0.1) is 0 Å². The van der Waals surface area contributed by atoms with Crippen molar-refractivity contribution in [2.45, 2.75) is 43.6 Å². The molecule has 138 valence electrons. The first-order valence-corrected chi connectivity index (χ1v) is 9.48. The first-order chi connectivity index (χ1) is 12.1. The molecule has 1 atom stereocenters. The van der Waals surface area contributed by atoms with E-state index in [1.807, 2.05) is 4.90 Å². The molecule has 5 heteroatoms. The Bertz CT molecular complexity index is 557. The smallest absolute Gasteiger partial charge is 0.236 e. The van der Waals surface area contributed by atoms with Gasteiger partial charge in [0.25, 0.3) is 0 Å². The van der Waals surface area contributed by atoms with Crippen LogP contribution in [-0.2, 0) is 4.79 Å². The summed E-state index contributed by atoms with van der Waals surface area (Å²) in [5, 5.41) is 19.5. The minimum atomic E-state index is -1.01. The van der Waals surface area contributed by atoms with Crippen LogP contribution in [0.2, 0.25) is 0 Å². The summed E-state index contributed by atoms with van der Waals surface area (Å²) in [6.07, 6.45) is 3.98. The summed E-state index contributed by atoms with van der Waals surface area (Å²) < 4.78 is 0. The molecule has 0 bridgehead atoms. The molecule has 2 N–H and O–H groups in total. The van der Waals surface area contributed by atoms with Gasteiger partial charge in [-0.3, -0.25) is 9.69 Å². The van der Waals surface area contributed by atoms with Crippen molar-refractivity contribution in [1.29, 1.82) is 0 Å². The fraction of sp³-hybridized carbons (Fsp3) is 0.650. The van der Waals surface area contributed by atoms with E-state index in [1.165, 1.54) is 5.56 Å². The second-order valence-corrected chi connectivity index (χ2v) is 7.58. The van der Waals surface area contributed by atoms with Gasteiger partial charge in [-0.1, -0.05) is 30.3 Å². The van der Waals surface area contributed by atoms with Crippen LogP contribution >= 0.6 is 0 Å². The van der Waals surface area contributed by atoms with Gasteiger partial charge in [0.1, 0.15) is 0 Å². The Morgan fingerprint density at radius 3 is 2.48 bits per heavy atom. The third-order valence-corrected chi connectivity index (χ3v) is 5.78. The van der Waals surface area contributed by atoms with E-state index in [4.69, 9.17) is 0 Å². The molecule has 1 aromatic carbocycles. The number of carbonyl (C=O) groups is 1. The summed E-state index contributed by atoms with van der Waals surface area (Å²) >= 11 is 0. The van der Waals surface area contributed by atoms with Crippen LogP contribution in [0.1, 0.15) is 43.6 Å². The predicted molar refractivity (Wildman–Crippen MR) is 97.3 cm³/mol. The van der Waals surface area contributed by atoms with E-state index < -0.39 is 5.60 Å². The summed E-state index contributed by atoms with van der Waals surface area (Å²) in [5.74, 6) is 0.755. The lowest BCUT2D eigenvalue weighted by atomic mass is 9.89. The minimum Gasteiger partial charge on any atom is -0.393 e. The van der Waals surface area contributed by atoms with E-state index in [-0.39, 0.29) is 12.5 Å². The molecule has 0 aromatic heterocycles.